The van der Waals surface area contributed by atoms with Crippen LogP contribution in [0.4, 0.5) is 5.69 Å². The summed E-state index contributed by atoms with van der Waals surface area (Å²) in [6, 6.07) is 6.99. The lowest BCUT2D eigenvalue weighted by Crippen LogP contribution is -2.30. The van der Waals surface area contributed by atoms with Gasteiger partial charge in [0.1, 0.15) is 0 Å². The van der Waals surface area contributed by atoms with Gasteiger partial charge >= 0.3 is 5.97 Å². The van der Waals surface area contributed by atoms with Crippen LogP contribution in [0.3, 0.4) is 0 Å². The number of rotatable bonds is 5. The van der Waals surface area contributed by atoms with Crippen molar-refractivity contribution < 1.29 is 9.53 Å². The Bertz CT molecular complexity index is 481. The van der Waals surface area contributed by atoms with Crippen molar-refractivity contribution in [3.8, 4) is 0 Å². The molecule has 1 aromatic carbocycles. The topological polar surface area (TPSA) is 50.4 Å². The third kappa shape index (κ3) is 7.34. The van der Waals surface area contributed by atoms with Gasteiger partial charge in [-0.1, -0.05) is 20.8 Å². The monoisotopic (exact) mass is 326 g/mol. The number of carbonyl (C=O) groups is 1. The summed E-state index contributed by atoms with van der Waals surface area (Å²) >= 11 is 7.12. The molecule has 0 aliphatic carbocycles. The predicted octanol–water partition coefficient (Wildman–Crippen LogP) is 3.29. The second kappa shape index (κ2) is 8.24. The van der Waals surface area contributed by atoms with E-state index in [4.69, 9.17) is 12.2 Å². The molecule has 0 aromatic heterocycles. The smallest absolute Gasteiger partial charge is 0.337 e. The van der Waals surface area contributed by atoms with Crippen molar-refractivity contribution in [2.45, 2.75) is 25.5 Å². The molecule has 0 saturated heterocycles. The third-order valence-corrected chi connectivity index (χ3v) is 4.01. The van der Waals surface area contributed by atoms with Gasteiger partial charge in [-0.15, -0.1) is 0 Å². The van der Waals surface area contributed by atoms with Crippen LogP contribution in [-0.4, -0.2) is 35.2 Å². The van der Waals surface area contributed by atoms with Gasteiger partial charge < -0.3 is 15.4 Å². The molecule has 6 heteroatoms. The molecular weight excluding hydrogens is 304 g/mol. The zero-order valence-electron chi connectivity index (χ0n) is 12.9. The summed E-state index contributed by atoms with van der Waals surface area (Å²) in [5, 5.41) is 6.82. The average Bonchev–Trinajstić information content (AvgIpc) is 2.42. The minimum Gasteiger partial charge on any atom is -0.465 e. The summed E-state index contributed by atoms with van der Waals surface area (Å²) in [7, 11) is 1.36. The minimum atomic E-state index is -0.346. The number of thioether (sulfide) groups is 1. The molecule has 1 aromatic rings. The van der Waals surface area contributed by atoms with Crippen LogP contribution in [-0.2, 0) is 4.74 Å². The van der Waals surface area contributed by atoms with Crippen LogP contribution in [0.2, 0.25) is 0 Å². The number of benzene rings is 1. The molecule has 0 atom stereocenters. The standard InChI is InChI=1S/C15H22N2O2S2/c1-15(2,3)21-10-9-16-14(20)17-12-7-5-11(6-8-12)13(18)19-4/h5-8H,9-10H2,1-4H3,(H2,16,17,20). The minimum absolute atomic E-state index is 0.264. The van der Waals surface area contributed by atoms with Crippen molar-refractivity contribution in [3.63, 3.8) is 0 Å². The molecule has 116 valence electrons. The van der Waals surface area contributed by atoms with E-state index in [1.165, 1.54) is 7.11 Å². The molecule has 0 heterocycles. The van der Waals surface area contributed by atoms with E-state index in [9.17, 15) is 4.79 Å². The Labute approximate surface area is 136 Å². The number of ether oxygens (including phenoxy) is 1. The number of esters is 1. The maximum atomic E-state index is 11.3. The molecule has 0 bridgehead atoms. The largest absolute Gasteiger partial charge is 0.465 e. The Kier molecular flexibility index (Phi) is 6.98. The molecule has 0 unspecified atom stereocenters. The highest BCUT2D eigenvalue weighted by atomic mass is 32.2. The fourth-order valence-corrected chi connectivity index (χ4v) is 2.54. The van der Waals surface area contributed by atoms with Gasteiger partial charge in [0.15, 0.2) is 5.11 Å². The molecule has 21 heavy (non-hydrogen) atoms. The molecular formula is C15H22N2O2S2. The molecule has 0 aliphatic heterocycles. The quantitative estimate of drug-likeness (QED) is 0.492. The van der Waals surface area contributed by atoms with E-state index in [0.717, 1.165) is 18.0 Å². The van der Waals surface area contributed by atoms with Crippen molar-refractivity contribution in [2.75, 3.05) is 24.7 Å². The fraction of sp³-hybridized carbons (Fsp3) is 0.467. The molecule has 0 fully saturated rings. The van der Waals surface area contributed by atoms with E-state index < -0.39 is 0 Å². The van der Waals surface area contributed by atoms with E-state index in [2.05, 4.69) is 36.1 Å². The lowest BCUT2D eigenvalue weighted by Gasteiger charge is -2.18. The van der Waals surface area contributed by atoms with Gasteiger partial charge in [0.25, 0.3) is 0 Å². The molecule has 0 aliphatic rings. The van der Waals surface area contributed by atoms with Crippen molar-refractivity contribution in [2.24, 2.45) is 0 Å². The Balaban J connectivity index is 2.36. The second-order valence-electron chi connectivity index (χ2n) is 5.41. The number of methoxy groups -OCH3 is 1. The fourth-order valence-electron chi connectivity index (χ4n) is 1.50. The summed E-state index contributed by atoms with van der Waals surface area (Å²) in [6.45, 7) is 7.39. The summed E-state index contributed by atoms with van der Waals surface area (Å²) in [5.41, 5.74) is 1.35. The molecule has 0 spiro atoms. The van der Waals surface area contributed by atoms with Crippen LogP contribution in [0.15, 0.2) is 24.3 Å². The zero-order valence-corrected chi connectivity index (χ0v) is 14.5. The van der Waals surface area contributed by atoms with E-state index in [-0.39, 0.29) is 10.7 Å². The Morgan fingerprint density at radius 3 is 2.43 bits per heavy atom. The van der Waals surface area contributed by atoms with E-state index in [1.807, 2.05) is 11.8 Å². The molecule has 0 amide bonds. The number of hydrogen-bond acceptors (Lipinski definition) is 4. The van der Waals surface area contributed by atoms with E-state index in [0.29, 0.717) is 10.7 Å². The molecule has 0 saturated carbocycles. The number of carbonyl (C=O) groups excluding carboxylic acids is 1. The molecule has 2 N–H and O–H groups in total. The van der Waals surface area contributed by atoms with Crippen molar-refractivity contribution in [1.29, 1.82) is 0 Å². The van der Waals surface area contributed by atoms with Gasteiger partial charge in [0.05, 0.1) is 12.7 Å². The number of hydrogen-bond donors (Lipinski definition) is 2. The number of thiocarbonyl (C=S) groups is 1. The van der Waals surface area contributed by atoms with Crippen LogP contribution < -0.4 is 10.6 Å². The van der Waals surface area contributed by atoms with Gasteiger partial charge in [0, 0.05) is 22.7 Å². The van der Waals surface area contributed by atoms with Crippen molar-refractivity contribution in [3.05, 3.63) is 29.8 Å². The normalized spacial score (nSPS) is 10.9. The van der Waals surface area contributed by atoms with Crippen molar-refractivity contribution >= 4 is 40.7 Å². The predicted molar refractivity (Wildman–Crippen MR) is 94.2 cm³/mol. The first-order valence-corrected chi connectivity index (χ1v) is 8.08. The van der Waals surface area contributed by atoms with Crippen molar-refractivity contribution in [1.82, 2.24) is 5.32 Å². The van der Waals surface area contributed by atoms with Crippen LogP contribution in [0.25, 0.3) is 0 Å². The van der Waals surface area contributed by atoms with Gasteiger partial charge in [0.2, 0.25) is 0 Å². The molecule has 1 rings (SSSR count). The van der Waals surface area contributed by atoms with Gasteiger partial charge in [-0.05, 0) is 36.5 Å². The third-order valence-electron chi connectivity index (χ3n) is 2.49. The summed E-state index contributed by atoms with van der Waals surface area (Å²) in [4.78, 5) is 11.3. The number of nitrogens with one attached hydrogen (secondary N) is 2. The first-order chi connectivity index (χ1) is 9.81. The lowest BCUT2D eigenvalue weighted by atomic mass is 10.2. The van der Waals surface area contributed by atoms with Crippen LogP contribution in [0, 0.1) is 0 Å². The second-order valence-corrected chi connectivity index (χ2v) is 7.74. The van der Waals surface area contributed by atoms with Gasteiger partial charge in [-0.2, -0.15) is 11.8 Å². The average molecular weight is 326 g/mol. The summed E-state index contributed by atoms with van der Waals surface area (Å²) in [5.74, 6) is 0.647. The summed E-state index contributed by atoms with van der Waals surface area (Å²) in [6.07, 6.45) is 0. The maximum Gasteiger partial charge on any atom is 0.337 e. The Hall–Kier alpha value is -1.27. The van der Waals surface area contributed by atoms with Crippen LogP contribution in [0.5, 0.6) is 0 Å². The maximum absolute atomic E-state index is 11.3. The zero-order chi connectivity index (χ0) is 15.9. The van der Waals surface area contributed by atoms with E-state index in [1.54, 1.807) is 24.3 Å². The van der Waals surface area contributed by atoms with E-state index >= 15 is 0 Å². The highest BCUT2D eigenvalue weighted by Crippen LogP contribution is 2.22. The van der Waals surface area contributed by atoms with Crippen LogP contribution >= 0.6 is 24.0 Å². The summed E-state index contributed by atoms with van der Waals surface area (Å²) < 4.78 is 4.91. The highest BCUT2D eigenvalue weighted by molar-refractivity contribution is 8.00. The van der Waals surface area contributed by atoms with Crippen LogP contribution in [0.1, 0.15) is 31.1 Å². The lowest BCUT2D eigenvalue weighted by molar-refractivity contribution is 0.0601. The highest BCUT2D eigenvalue weighted by Gasteiger charge is 2.09. The Morgan fingerprint density at radius 2 is 1.90 bits per heavy atom. The SMILES string of the molecule is COC(=O)c1ccc(NC(=S)NCCSC(C)(C)C)cc1. The van der Waals surface area contributed by atoms with Gasteiger partial charge in [-0.3, -0.25) is 0 Å². The molecule has 0 radical (unpaired) electrons. The first kappa shape index (κ1) is 17.8. The Morgan fingerprint density at radius 1 is 1.29 bits per heavy atom. The first-order valence-electron chi connectivity index (χ1n) is 6.69. The number of anilines is 1. The molecule has 4 nitrogen and oxygen atoms in total. The van der Waals surface area contributed by atoms with Gasteiger partial charge in [-0.25, -0.2) is 4.79 Å².